The van der Waals surface area contributed by atoms with Crippen LogP contribution in [-0.2, 0) is 41.2 Å². The van der Waals surface area contributed by atoms with Crippen LogP contribution in [-0.4, -0.2) is 111 Å². The normalized spacial score (nSPS) is 15.7. The Labute approximate surface area is 356 Å². The van der Waals surface area contributed by atoms with Crippen LogP contribution >= 0.6 is 0 Å². The predicted molar refractivity (Wildman–Crippen MR) is 269 cm³/mol. The van der Waals surface area contributed by atoms with Gasteiger partial charge >= 0.3 is 26.7 Å². The molecule has 0 rings (SSSR count). The first-order valence-electron chi connectivity index (χ1n) is 20.7. The number of hydrogen-bond acceptors (Lipinski definition) is 10. The van der Waals surface area contributed by atoms with Gasteiger partial charge < -0.3 is 41.2 Å². The van der Waals surface area contributed by atoms with E-state index in [2.05, 4.69) is 177 Å². The summed E-state index contributed by atoms with van der Waals surface area (Å²) in [6, 6.07) is 3.21. The summed E-state index contributed by atoms with van der Waals surface area (Å²) >= 11 is 0. The van der Waals surface area contributed by atoms with Crippen LogP contribution in [0.25, 0.3) is 0 Å². The minimum Gasteiger partial charge on any atom is -0.420 e. The van der Waals surface area contributed by atoms with Crippen molar-refractivity contribution in [3.05, 3.63) is 0 Å². The molecule has 0 aliphatic carbocycles. The van der Waals surface area contributed by atoms with Crippen LogP contribution in [0.4, 0.5) is 0 Å². The van der Waals surface area contributed by atoms with E-state index < -0.39 is 111 Å². The second kappa shape index (κ2) is 20.3. The molecule has 0 spiro atoms. The summed E-state index contributed by atoms with van der Waals surface area (Å²) in [6.45, 7) is 60.7. The molecule has 0 aromatic heterocycles. The van der Waals surface area contributed by atoms with Gasteiger partial charge in [0.15, 0.2) is 83.9 Å². The first-order chi connectivity index (χ1) is 23.7. The van der Waals surface area contributed by atoms with Crippen molar-refractivity contribution in [3.63, 3.8) is 0 Å². The molecular weight excluding hydrogens is 909 g/mol. The largest absolute Gasteiger partial charge is 0.636 e. The maximum atomic E-state index is 7.48. The SMILES string of the molecule is C[SiH](C)O[Si](CC[Si](C)(C)O[Si](O[Si](C)(C)C)(O[Si](C)(C)C)O[Si](C)(C)CCC[Si](O[Si](C)(C)C)(O[Si](C)(C)C)O[Si](C)(C)C)(O[Si](C)(C)C)O[Si](C)(C)C. The highest BCUT2D eigenvalue weighted by Gasteiger charge is 2.58. The maximum Gasteiger partial charge on any atom is 0.636 e. The summed E-state index contributed by atoms with van der Waals surface area (Å²) in [6.07, 6.45) is 0.892. The second-order valence-corrected chi connectivity index (χ2v) is 76.3. The lowest BCUT2D eigenvalue weighted by atomic mass is 10.6. The molecule has 0 N–H and O–H groups in total. The van der Waals surface area contributed by atoms with Gasteiger partial charge in [0.1, 0.15) is 0 Å². The highest BCUT2D eigenvalue weighted by atomic mass is 28.5. The Morgan fingerprint density at radius 3 is 0.836 bits per heavy atom. The first kappa shape index (κ1) is 57.4. The standard InChI is InChI=1S/C32H92O10Si13/c1-43(2)33-53(34-44(3,4)5,35-45(6,7)8)32-31-52(26,27)42-55(39-49(18,19)20,40-50(21,22)23)41-51(24,25)29-28-30-54(36-46(9,10)11,37-47(12,13)14)38-48(15,16)17/h43H,28-32H2,1-27H3. The van der Waals surface area contributed by atoms with Gasteiger partial charge in [0.05, 0.1) is 0 Å². The van der Waals surface area contributed by atoms with Crippen LogP contribution < -0.4 is 0 Å². The Morgan fingerprint density at radius 2 is 0.564 bits per heavy atom. The van der Waals surface area contributed by atoms with Gasteiger partial charge in [-0.1, -0.05) is 0 Å². The van der Waals surface area contributed by atoms with E-state index in [9.17, 15) is 0 Å². The molecule has 0 bridgehead atoms. The average Bonchev–Trinajstić information content (AvgIpc) is 2.72. The van der Waals surface area contributed by atoms with Gasteiger partial charge in [-0.2, -0.15) is 0 Å². The molecule has 0 saturated carbocycles. The van der Waals surface area contributed by atoms with Gasteiger partial charge in [-0.25, -0.2) is 0 Å². The fourth-order valence-corrected chi connectivity index (χ4v) is 54.5. The lowest BCUT2D eigenvalue weighted by Gasteiger charge is -2.46. The molecule has 0 unspecified atom stereocenters. The molecule has 332 valence electrons. The van der Waals surface area contributed by atoms with E-state index in [1.54, 1.807) is 0 Å². The Morgan fingerprint density at radius 1 is 0.291 bits per heavy atom. The molecule has 0 saturated heterocycles. The first-order valence-corrected chi connectivity index (χ1v) is 59.0. The van der Waals surface area contributed by atoms with Crippen molar-refractivity contribution in [2.75, 3.05) is 0 Å². The quantitative estimate of drug-likeness (QED) is 0.0741. The Bertz CT molecular complexity index is 1090. The molecule has 0 heterocycles. The van der Waals surface area contributed by atoms with Crippen molar-refractivity contribution in [3.8, 4) is 0 Å². The third kappa shape index (κ3) is 28.6. The zero-order valence-corrected chi connectivity index (χ0v) is 54.4. The van der Waals surface area contributed by atoms with Crippen molar-refractivity contribution >= 4 is 111 Å². The van der Waals surface area contributed by atoms with Crippen molar-refractivity contribution < 1.29 is 41.2 Å². The minimum absolute atomic E-state index is 0.731. The van der Waals surface area contributed by atoms with Gasteiger partial charge in [-0.05, 0) is 195 Å². The molecule has 0 amide bonds. The fraction of sp³-hybridized carbons (Fsp3) is 1.00. The number of rotatable bonds is 27. The molecule has 23 heteroatoms. The smallest absolute Gasteiger partial charge is 0.420 e. The summed E-state index contributed by atoms with van der Waals surface area (Å²) in [7, 11) is -30.5. The second-order valence-electron chi connectivity index (χ2n) is 23.6. The molecular formula is C32H92O10Si13. The van der Waals surface area contributed by atoms with Crippen molar-refractivity contribution in [2.45, 2.75) is 207 Å². The van der Waals surface area contributed by atoms with E-state index >= 15 is 0 Å². The lowest BCUT2D eigenvalue weighted by Crippen LogP contribution is -2.66. The van der Waals surface area contributed by atoms with E-state index in [4.69, 9.17) is 41.2 Å². The van der Waals surface area contributed by atoms with Gasteiger partial charge in [-0.3, -0.25) is 0 Å². The summed E-state index contributed by atoms with van der Waals surface area (Å²) < 4.78 is 71.4. The predicted octanol–water partition coefficient (Wildman–Crippen LogP) is 12.1. The van der Waals surface area contributed by atoms with E-state index in [0.717, 1.165) is 30.6 Å². The van der Waals surface area contributed by atoms with Gasteiger partial charge in [0.2, 0.25) is 0 Å². The summed E-state index contributed by atoms with van der Waals surface area (Å²) in [5.74, 6) is 0. The van der Waals surface area contributed by atoms with E-state index in [0.29, 0.717) is 0 Å². The Balaban J connectivity index is 7.00. The maximum absolute atomic E-state index is 7.48. The molecule has 0 aliphatic rings. The summed E-state index contributed by atoms with van der Waals surface area (Å²) in [4.78, 5) is 0. The highest BCUT2D eigenvalue weighted by molar-refractivity contribution is 6.93. The molecule has 0 fully saturated rings. The summed E-state index contributed by atoms with van der Waals surface area (Å²) in [5, 5.41) is 0. The monoisotopic (exact) mass is 1000 g/mol. The average molecular weight is 1000 g/mol. The van der Waals surface area contributed by atoms with E-state index in [-0.39, 0.29) is 0 Å². The molecule has 0 atom stereocenters. The molecule has 0 aromatic carbocycles. The Kier molecular flexibility index (Phi) is 21.2. The van der Waals surface area contributed by atoms with Crippen LogP contribution in [0.15, 0.2) is 0 Å². The Hall–Kier alpha value is 2.42. The number of hydrogen-bond donors (Lipinski definition) is 0. The van der Waals surface area contributed by atoms with Crippen LogP contribution in [0.1, 0.15) is 6.42 Å². The van der Waals surface area contributed by atoms with E-state index in [1.807, 2.05) is 0 Å². The van der Waals surface area contributed by atoms with Gasteiger partial charge in [-0.15, -0.1) is 0 Å². The highest BCUT2D eigenvalue weighted by Crippen LogP contribution is 2.37. The zero-order valence-electron chi connectivity index (χ0n) is 41.2. The van der Waals surface area contributed by atoms with Crippen LogP contribution in [0.3, 0.4) is 0 Å². The van der Waals surface area contributed by atoms with Crippen LogP contribution in [0.5, 0.6) is 0 Å². The summed E-state index contributed by atoms with van der Waals surface area (Å²) in [5.41, 5.74) is 0. The van der Waals surface area contributed by atoms with Crippen molar-refractivity contribution in [1.82, 2.24) is 0 Å². The topological polar surface area (TPSA) is 92.3 Å². The third-order valence-corrected chi connectivity index (χ3v) is 47.1. The molecule has 0 radical (unpaired) electrons. The third-order valence-electron chi connectivity index (χ3n) is 6.68. The van der Waals surface area contributed by atoms with Gasteiger partial charge in [0, 0.05) is 12.1 Å². The van der Waals surface area contributed by atoms with Gasteiger partial charge in [0.25, 0.3) is 0 Å². The van der Waals surface area contributed by atoms with Crippen LogP contribution in [0.2, 0.25) is 201 Å². The van der Waals surface area contributed by atoms with Crippen molar-refractivity contribution in [1.29, 1.82) is 0 Å². The van der Waals surface area contributed by atoms with Crippen molar-refractivity contribution in [2.24, 2.45) is 0 Å². The lowest BCUT2D eigenvalue weighted by molar-refractivity contribution is 0.147. The van der Waals surface area contributed by atoms with Crippen LogP contribution in [0, 0.1) is 0 Å². The molecule has 55 heavy (non-hydrogen) atoms. The van der Waals surface area contributed by atoms with E-state index in [1.165, 1.54) is 0 Å². The molecule has 10 nitrogen and oxygen atoms in total. The molecule has 0 aliphatic heterocycles. The fourth-order valence-electron chi connectivity index (χ4n) is 5.98. The minimum atomic E-state index is -3.67. The molecule has 0 aromatic rings. The zero-order chi connectivity index (χ0) is 44.2.